The maximum Gasteiger partial charge on any atom is 0.344 e. The summed E-state index contributed by atoms with van der Waals surface area (Å²) in [6, 6.07) is 27.8. The molecule has 364 valence electrons. The van der Waals surface area contributed by atoms with E-state index in [1.54, 1.807) is 48.5 Å². The molecule has 0 N–H and O–H groups in total. The summed E-state index contributed by atoms with van der Waals surface area (Å²) >= 11 is 0. The number of hydrogen-bond donors (Lipinski definition) is 0. The summed E-state index contributed by atoms with van der Waals surface area (Å²) in [5.74, 6) is -1.79. The minimum Gasteiger partial charge on any atom is -0.594 e. The molecule has 0 aliphatic heterocycles. The molecule has 0 aliphatic rings. The van der Waals surface area contributed by atoms with Crippen molar-refractivity contribution in [1.29, 1.82) is 0 Å². The summed E-state index contributed by atoms with van der Waals surface area (Å²) in [5, 5.41) is 27.2. The highest BCUT2D eigenvalue weighted by Gasteiger charge is 2.23. The molecule has 19 nitrogen and oxygen atoms in total. The number of carbonyl (C=O) groups is 5. The zero-order chi connectivity index (χ0) is 50.1. The Labute approximate surface area is 402 Å². The zero-order valence-corrected chi connectivity index (χ0v) is 37.9. The average Bonchev–Trinajstić information content (AvgIpc) is 3.37. The van der Waals surface area contributed by atoms with E-state index >= 15 is 0 Å². The largest absolute Gasteiger partial charge is 0.594 e. The molecule has 5 aromatic carbocycles. The van der Waals surface area contributed by atoms with Gasteiger partial charge in [-0.1, -0.05) is 18.0 Å². The van der Waals surface area contributed by atoms with Gasteiger partial charge in [0.2, 0.25) is 5.69 Å². The fourth-order valence-corrected chi connectivity index (χ4v) is 5.98. The molecule has 0 saturated heterocycles. The first-order valence-electron chi connectivity index (χ1n) is 21.9. The Morgan fingerprint density at radius 2 is 0.914 bits per heavy atom. The second kappa shape index (κ2) is 27.7. The quantitative estimate of drug-likeness (QED) is 0.00521. The van der Waals surface area contributed by atoms with E-state index in [0.29, 0.717) is 66.5 Å². The van der Waals surface area contributed by atoms with Crippen molar-refractivity contribution in [2.45, 2.75) is 38.5 Å². The maximum absolute atomic E-state index is 13.6. The molecule has 0 heterocycles. The summed E-state index contributed by atoms with van der Waals surface area (Å²) < 4.78 is 43.6. The second-order valence-corrected chi connectivity index (χ2v) is 14.7. The topological polar surface area (TPSA) is 241 Å². The van der Waals surface area contributed by atoms with Crippen LogP contribution in [0.4, 0.5) is 17.1 Å². The van der Waals surface area contributed by atoms with Gasteiger partial charge < -0.3 is 43.1 Å². The normalized spacial score (nSPS) is 10.8. The molecular formula is C51H49N3O16. The van der Waals surface area contributed by atoms with Crippen LogP contribution in [0.15, 0.2) is 146 Å². The van der Waals surface area contributed by atoms with E-state index in [4.69, 9.17) is 37.9 Å². The van der Waals surface area contributed by atoms with Crippen molar-refractivity contribution in [3.63, 3.8) is 0 Å². The van der Waals surface area contributed by atoms with Gasteiger partial charge in [-0.25, -0.2) is 24.0 Å². The van der Waals surface area contributed by atoms with Crippen LogP contribution in [0.2, 0.25) is 0 Å². The molecule has 0 unspecified atom stereocenters. The number of nitro benzene ring substituents is 1. The van der Waals surface area contributed by atoms with Crippen molar-refractivity contribution in [3.8, 4) is 28.7 Å². The van der Waals surface area contributed by atoms with E-state index in [1.807, 2.05) is 0 Å². The molecule has 19 heteroatoms. The maximum atomic E-state index is 13.6. The van der Waals surface area contributed by atoms with E-state index in [1.165, 1.54) is 66.7 Å². The molecule has 0 fully saturated rings. The van der Waals surface area contributed by atoms with Crippen molar-refractivity contribution in [2.24, 2.45) is 5.11 Å². The van der Waals surface area contributed by atoms with Gasteiger partial charge in [-0.2, -0.15) is 0 Å². The Kier molecular flexibility index (Phi) is 20.6. The summed E-state index contributed by atoms with van der Waals surface area (Å²) in [7, 11) is 0. The van der Waals surface area contributed by atoms with Crippen LogP contribution < -0.4 is 23.7 Å². The van der Waals surface area contributed by atoms with Crippen LogP contribution in [-0.4, -0.2) is 79.3 Å². The van der Waals surface area contributed by atoms with E-state index < -0.39 is 34.8 Å². The highest BCUT2D eigenvalue weighted by atomic mass is 16.6. The molecule has 0 aliphatic carbocycles. The first kappa shape index (κ1) is 52.1. The highest BCUT2D eigenvalue weighted by molar-refractivity contribution is 6.06. The van der Waals surface area contributed by atoms with Gasteiger partial charge in [0, 0.05) is 54.4 Å². The number of unbranched alkanes of at least 4 members (excludes halogenated alkanes) is 3. The monoisotopic (exact) mass is 959 g/mol. The van der Waals surface area contributed by atoms with Crippen LogP contribution in [0.1, 0.15) is 69.6 Å². The molecule has 0 atom stereocenters. The van der Waals surface area contributed by atoms with Crippen molar-refractivity contribution in [2.75, 3.05) is 39.6 Å². The lowest BCUT2D eigenvalue weighted by Crippen LogP contribution is -2.18. The molecule has 0 saturated carbocycles. The minimum absolute atomic E-state index is 0.0109. The molecule has 5 rings (SSSR count). The molecule has 70 heavy (non-hydrogen) atoms. The number of benzene rings is 5. The van der Waals surface area contributed by atoms with Gasteiger partial charge in [-0.15, -0.1) is 0 Å². The smallest absolute Gasteiger partial charge is 0.344 e. The Morgan fingerprint density at radius 1 is 0.471 bits per heavy atom. The first-order valence-corrected chi connectivity index (χ1v) is 21.9. The molecule has 0 bridgehead atoms. The van der Waals surface area contributed by atoms with E-state index in [-0.39, 0.29) is 72.6 Å². The van der Waals surface area contributed by atoms with Crippen molar-refractivity contribution >= 4 is 46.9 Å². The van der Waals surface area contributed by atoms with Gasteiger partial charge in [0.15, 0.2) is 0 Å². The van der Waals surface area contributed by atoms with Gasteiger partial charge in [0.1, 0.15) is 34.4 Å². The minimum atomic E-state index is -0.891. The van der Waals surface area contributed by atoms with Gasteiger partial charge in [0.05, 0.1) is 61.3 Å². The number of nitro groups is 1. The summed E-state index contributed by atoms with van der Waals surface area (Å²) in [4.78, 5) is 73.4. The SMILES string of the molecule is C=CC(=O)OCCCOc1ccc(OC(=O)c2ccc(C(=O)Oc3ccc(OCCCOC(=O)C=C)cc3)c(C(=O)OCCCCCCOc3ccc(N=[N+]([O-])c4ccc([N+](=O)[O-])cc4)cc3)c2)cc1. The molecule has 0 aromatic heterocycles. The summed E-state index contributed by atoms with van der Waals surface area (Å²) in [5.41, 5.74) is -0.0744. The zero-order valence-electron chi connectivity index (χ0n) is 37.9. The van der Waals surface area contributed by atoms with Crippen LogP contribution in [0.25, 0.3) is 0 Å². The van der Waals surface area contributed by atoms with Crippen LogP contribution in [-0.2, 0) is 23.8 Å². The van der Waals surface area contributed by atoms with Gasteiger partial charge in [-0.3, -0.25) is 10.1 Å². The highest BCUT2D eigenvalue weighted by Crippen LogP contribution is 2.25. The summed E-state index contributed by atoms with van der Waals surface area (Å²) in [6.45, 7) is 7.92. The summed E-state index contributed by atoms with van der Waals surface area (Å²) in [6.07, 6.45) is 5.61. The number of azo groups is 1. The Morgan fingerprint density at radius 3 is 1.43 bits per heavy atom. The Bertz CT molecular complexity index is 2610. The number of rotatable bonds is 28. The van der Waals surface area contributed by atoms with Gasteiger partial charge in [0.25, 0.3) is 5.69 Å². The van der Waals surface area contributed by atoms with Crippen LogP contribution in [0.3, 0.4) is 0 Å². The fraction of sp³-hybridized carbons (Fsp3) is 0.235. The van der Waals surface area contributed by atoms with E-state index in [2.05, 4.69) is 18.3 Å². The van der Waals surface area contributed by atoms with Crippen molar-refractivity contribution in [1.82, 2.24) is 0 Å². The van der Waals surface area contributed by atoms with Crippen LogP contribution >= 0.6 is 0 Å². The number of hydrogen-bond acceptors (Lipinski definition) is 17. The number of nitrogens with zero attached hydrogens (tertiary/aromatic N) is 3. The number of esters is 5. The van der Waals surface area contributed by atoms with E-state index in [0.717, 1.165) is 18.6 Å². The predicted octanol–water partition coefficient (Wildman–Crippen LogP) is 9.75. The lowest BCUT2D eigenvalue weighted by Gasteiger charge is -2.12. The number of ether oxygens (including phenoxy) is 8. The molecule has 0 spiro atoms. The van der Waals surface area contributed by atoms with Gasteiger partial charge >= 0.3 is 29.8 Å². The van der Waals surface area contributed by atoms with Crippen molar-refractivity contribution in [3.05, 3.63) is 173 Å². The number of non-ortho nitro benzene ring substituents is 1. The second-order valence-electron chi connectivity index (χ2n) is 14.7. The Balaban J connectivity index is 1.13. The lowest BCUT2D eigenvalue weighted by molar-refractivity contribution is -0.435. The average molecular weight is 960 g/mol. The molecular weight excluding hydrogens is 911 g/mol. The third kappa shape index (κ3) is 17.4. The lowest BCUT2D eigenvalue weighted by atomic mass is 10.0. The molecule has 5 aromatic rings. The first-order chi connectivity index (χ1) is 33.9. The fourth-order valence-electron chi connectivity index (χ4n) is 5.98. The van der Waals surface area contributed by atoms with Gasteiger partial charge in [-0.05, 0) is 117 Å². The van der Waals surface area contributed by atoms with Crippen LogP contribution in [0.5, 0.6) is 28.7 Å². The number of carbonyl (C=O) groups excluding carboxylic acids is 5. The van der Waals surface area contributed by atoms with Crippen molar-refractivity contribution < 1.29 is 71.7 Å². The predicted molar refractivity (Wildman–Crippen MR) is 251 cm³/mol. The Hall–Kier alpha value is -8.87. The third-order valence-electron chi connectivity index (χ3n) is 9.57. The van der Waals surface area contributed by atoms with E-state index in [9.17, 15) is 39.3 Å². The molecule has 0 radical (unpaired) electrons. The molecule has 0 amide bonds. The van der Waals surface area contributed by atoms with Crippen LogP contribution in [0, 0.1) is 15.3 Å². The third-order valence-corrected chi connectivity index (χ3v) is 9.57. The standard InChI is InChI=1S/C51H49N3O16/c1-3-47(55)66-33-9-31-64-41-20-24-43(25-21-41)69-49(57)36-11-28-45(51(59)70-44-26-22-42(23-27-44)65-32-10-34-67-48(56)4-2)46(35-36)50(58)68-30-8-6-5-7-29-63-40-18-12-37(13-19-40)52-53(60)38-14-16-39(17-15-38)54(61)62/h3-4,11-28,35H,1-2,5-10,29-34H2.